The van der Waals surface area contributed by atoms with E-state index < -0.39 is 11.9 Å². The normalized spacial score (nSPS) is 10.8. The van der Waals surface area contributed by atoms with Gasteiger partial charge in [0.25, 0.3) is 5.91 Å². The first-order chi connectivity index (χ1) is 16.3. The van der Waals surface area contributed by atoms with Crippen LogP contribution in [0.2, 0.25) is 10.0 Å². The molecule has 3 aromatic rings. The Morgan fingerprint density at radius 1 is 1.09 bits per heavy atom. The van der Waals surface area contributed by atoms with Crippen molar-refractivity contribution in [3.05, 3.63) is 93.0 Å². The molecule has 0 saturated heterocycles. The zero-order valence-corrected chi connectivity index (χ0v) is 19.4. The highest BCUT2D eigenvalue weighted by Crippen LogP contribution is 2.31. The number of carboxylic acid groups (broad SMARTS) is 1. The Kier molecular flexibility index (Phi) is 8.14. The van der Waals surface area contributed by atoms with Crippen LogP contribution < -0.4 is 14.8 Å². The molecular formula is C25H18Cl2N2O5. The summed E-state index contributed by atoms with van der Waals surface area (Å²) in [5.74, 6) is -1.13. The number of methoxy groups -OCH3 is 1. The highest BCUT2D eigenvalue weighted by Gasteiger charge is 2.15. The summed E-state index contributed by atoms with van der Waals surface area (Å²) in [5.41, 5.74) is 0.977. The molecule has 0 saturated carbocycles. The average molecular weight is 497 g/mol. The topological polar surface area (TPSA) is 109 Å². The van der Waals surface area contributed by atoms with Gasteiger partial charge in [-0.25, -0.2) is 4.79 Å². The van der Waals surface area contributed by atoms with E-state index in [-0.39, 0.29) is 23.4 Å². The van der Waals surface area contributed by atoms with E-state index in [4.69, 9.17) is 32.7 Å². The van der Waals surface area contributed by atoms with Gasteiger partial charge in [-0.05, 0) is 48.0 Å². The maximum atomic E-state index is 12.6. The number of ether oxygens (including phenoxy) is 2. The average Bonchev–Trinajstić information content (AvgIpc) is 2.82. The second-order valence-corrected chi connectivity index (χ2v) is 7.75. The molecule has 0 bridgehead atoms. The number of nitrogens with zero attached hydrogens (tertiary/aromatic N) is 1. The summed E-state index contributed by atoms with van der Waals surface area (Å²) in [4.78, 5) is 24.0. The minimum atomic E-state index is -1.20. The van der Waals surface area contributed by atoms with Crippen molar-refractivity contribution in [2.45, 2.75) is 6.61 Å². The van der Waals surface area contributed by atoms with Gasteiger partial charge in [0.1, 0.15) is 18.2 Å². The number of hydrogen-bond acceptors (Lipinski definition) is 5. The number of para-hydroxylation sites is 1. The predicted molar refractivity (Wildman–Crippen MR) is 129 cm³/mol. The molecule has 9 heteroatoms. The lowest BCUT2D eigenvalue weighted by Gasteiger charge is -2.13. The van der Waals surface area contributed by atoms with Gasteiger partial charge in [-0.2, -0.15) is 5.26 Å². The minimum Gasteiger partial charge on any atom is -0.493 e. The van der Waals surface area contributed by atoms with E-state index in [0.29, 0.717) is 32.7 Å². The highest BCUT2D eigenvalue weighted by atomic mass is 35.5. The number of amides is 1. The third kappa shape index (κ3) is 6.07. The van der Waals surface area contributed by atoms with Crippen molar-refractivity contribution in [2.24, 2.45) is 0 Å². The molecule has 0 aliphatic rings. The van der Waals surface area contributed by atoms with Gasteiger partial charge < -0.3 is 19.9 Å². The summed E-state index contributed by atoms with van der Waals surface area (Å²) < 4.78 is 11.2. The van der Waals surface area contributed by atoms with Crippen molar-refractivity contribution in [3.63, 3.8) is 0 Å². The molecule has 0 radical (unpaired) electrons. The lowest BCUT2D eigenvalue weighted by Crippen LogP contribution is -2.16. The van der Waals surface area contributed by atoms with Gasteiger partial charge in [0, 0.05) is 15.6 Å². The predicted octanol–water partition coefficient (Wildman–Crippen LogP) is 5.82. The van der Waals surface area contributed by atoms with Crippen LogP contribution in [-0.2, 0) is 11.4 Å². The highest BCUT2D eigenvalue weighted by molar-refractivity contribution is 6.35. The van der Waals surface area contributed by atoms with Gasteiger partial charge in [0.2, 0.25) is 0 Å². The van der Waals surface area contributed by atoms with Gasteiger partial charge in [-0.1, -0.05) is 47.5 Å². The zero-order chi connectivity index (χ0) is 24.7. The lowest BCUT2D eigenvalue weighted by atomic mass is 10.1. The van der Waals surface area contributed by atoms with E-state index in [1.54, 1.807) is 42.5 Å². The lowest BCUT2D eigenvalue weighted by molar-refractivity contribution is -0.112. The van der Waals surface area contributed by atoms with Crippen LogP contribution in [0.5, 0.6) is 11.5 Å². The summed E-state index contributed by atoms with van der Waals surface area (Å²) in [6, 6.07) is 17.7. The molecule has 0 aliphatic carbocycles. The first kappa shape index (κ1) is 24.6. The van der Waals surface area contributed by atoms with Crippen molar-refractivity contribution < 1.29 is 24.2 Å². The first-order valence-electron chi connectivity index (χ1n) is 9.82. The molecule has 0 aliphatic heterocycles. The molecule has 1 amide bonds. The van der Waals surface area contributed by atoms with Crippen LogP contribution in [0, 0.1) is 11.3 Å². The van der Waals surface area contributed by atoms with Crippen molar-refractivity contribution in [1.82, 2.24) is 0 Å². The summed E-state index contributed by atoms with van der Waals surface area (Å²) in [5, 5.41) is 22.2. The summed E-state index contributed by atoms with van der Waals surface area (Å²) in [7, 11) is 1.49. The van der Waals surface area contributed by atoms with E-state index in [9.17, 15) is 20.0 Å². The van der Waals surface area contributed by atoms with Crippen molar-refractivity contribution >= 4 is 46.8 Å². The number of nitrogens with one attached hydrogen (secondary N) is 1. The maximum Gasteiger partial charge on any atom is 0.337 e. The fourth-order valence-electron chi connectivity index (χ4n) is 2.97. The second-order valence-electron chi connectivity index (χ2n) is 6.91. The quantitative estimate of drug-likeness (QED) is 0.300. The number of hydrogen-bond donors (Lipinski definition) is 2. The largest absolute Gasteiger partial charge is 0.493 e. The molecule has 0 heterocycles. The first-order valence-corrected chi connectivity index (χ1v) is 10.6. The van der Waals surface area contributed by atoms with Crippen LogP contribution in [0.3, 0.4) is 0 Å². The smallest absolute Gasteiger partial charge is 0.337 e. The molecule has 0 aromatic heterocycles. The van der Waals surface area contributed by atoms with Gasteiger partial charge in [-0.15, -0.1) is 0 Å². The Bertz CT molecular complexity index is 1310. The Morgan fingerprint density at radius 3 is 2.53 bits per heavy atom. The minimum absolute atomic E-state index is 0.0831. The molecule has 3 rings (SSSR count). The Labute approximate surface area is 205 Å². The zero-order valence-electron chi connectivity index (χ0n) is 17.8. The monoisotopic (exact) mass is 496 g/mol. The molecule has 2 N–H and O–H groups in total. The third-order valence-corrected chi connectivity index (χ3v) is 5.25. The number of benzene rings is 3. The van der Waals surface area contributed by atoms with Gasteiger partial charge in [0.05, 0.1) is 18.4 Å². The summed E-state index contributed by atoms with van der Waals surface area (Å²) >= 11 is 12.1. The number of rotatable bonds is 8. The molecule has 3 aromatic carbocycles. The van der Waals surface area contributed by atoms with Crippen molar-refractivity contribution in [1.29, 1.82) is 5.26 Å². The van der Waals surface area contributed by atoms with Gasteiger partial charge >= 0.3 is 5.97 Å². The molecule has 7 nitrogen and oxygen atoms in total. The Morgan fingerprint density at radius 2 is 1.85 bits per heavy atom. The number of anilines is 1. The van der Waals surface area contributed by atoms with E-state index in [1.165, 1.54) is 31.4 Å². The van der Waals surface area contributed by atoms with E-state index >= 15 is 0 Å². The van der Waals surface area contributed by atoms with E-state index in [1.807, 2.05) is 6.07 Å². The molecule has 0 unspecified atom stereocenters. The maximum absolute atomic E-state index is 12.6. The van der Waals surface area contributed by atoms with Crippen molar-refractivity contribution in [3.8, 4) is 17.6 Å². The third-order valence-electron chi connectivity index (χ3n) is 4.67. The van der Waals surface area contributed by atoms with Gasteiger partial charge in [0.15, 0.2) is 11.5 Å². The molecule has 0 atom stereocenters. The van der Waals surface area contributed by atoms with Crippen LogP contribution in [0.4, 0.5) is 5.69 Å². The van der Waals surface area contributed by atoms with Crippen LogP contribution in [0.25, 0.3) is 6.08 Å². The molecule has 0 spiro atoms. The molecular weight excluding hydrogens is 479 g/mol. The van der Waals surface area contributed by atoms with Crippen LogP contribution in [0.1, 0.15) is 21.5 Å². The number of carbonyl (C=O) groups is 2. The summed E-state index contributed by atoms with van der Waals surface area (Å²) in [6.45, 7) is 0.136. The van der Waals surface area contributed by atoms with Crippen LogP contribution in [0.15, 0.2) is 66.2 Å². The number of carbonyl (C=O) groups excluding carboxylic acids is 1. The summed E-state index contributed by atoms with van der Waals surface area (Å²) in [6.07, 6.45) is 1.36. The van der Waals surface area contributed by atoms with E-state index in [2.05, 4.69) is 5.32 Å². The fourth-order valence-corrected chi connectivity index (χ4v) is 3.44. The number of aromatic carboxylic acids is 1. The van der Waals surface area contributed by atoms with Crippen molar-refractivity contribution in [2.75, 3.05) is 12.4 Å². The van der Waals surface area contributed by atoms with E-state index in [0.717, 1.165) is 0 Å². The molecule has 34 heavy (non-hydrogen) atoms. The molecule has 172 valence electrons. The Balaban J connectivity index is 1.84. The van der Waals surface area contributed by atoms with Crippen LogP contribution >= 0.6 is 23.2 Å². The number of nitriles is 1. The molecule has 0 fully saturated rings. The SMILES string of the molecule is COc1ccc(/C=C(\C#N)C(=O)Nc2ccccc2C(=O)O)cc1OCc1ccc(Cl)cc1Cl. The standard InChI is InChI=1S/C25H18Cl2N2O5/c1-33-22-9-6-15(11-23(22)34-14-16-7-8-18(26)12-20(16)27)10-17(13-28)24(30)29-21-5-3-2-4-19(21)25(31)32/h2-12H,14H2,1H3,(H,29,30)(H,31,32)/b17-10+. The number of halogens is 2. The van der Waals surface area contributed by atoms with Gasteiger partial charge in [-0.3, -0.25) is 4.79 Å². The fraction of sp³-hybridized carbons (Fsp3) is 0.0800. The Hall–Kier alpha value is -3.99. The second kappa shape index (κ2) is 11.2. The number of carboxylic acids is 1. The van der Waals surface area contributed by atoms with Crippen LogP contribution in [-0.4, -0.2) is 24.1 Å².